The predicted molar refractivity (Wildman–Crippen MR) is 56.6 cm³/mol. The van der Waals surface area contributed by atoms with E-state index < -0.39 is 11.7 Å². The summed E-state index contributed by atoms with van der Waals surface area (Å²) >= 11 is 0. The fraction of sp³-hybridized carbons (Fsp3) is 0.545. The Hall–Kier alpha value is -1.30. The third-order valence-electron chi connectivity index (χ3n) is 2.94. The van der Waals surface area contributed by atoms with E-state index in [1.807, 2.05) is 4.90 Å². The maximum Gasteiger partial charge on any atom is 0.417 e. The van der Waals surface area contributed by atoms with Gasteiger partial charge in [0, 0.05) is 31.8 Å². The summed E-state index contributed by atoms with van der Waals surface area (Å²) < 4.78 is 37.0. The van der Waals surface area contributed by atoms with E-state index in [2.05, 4.69) is 4.98 Å². The monoisotopic (exact) mass is 246 g/mol. The first-order valence-corrected chi connectivity index (χ1v) is 5.40. The Labute approximate surface area is 96.9 Å². The van der Waals surface area contributed by atoms with E-state index in [0.717, 1.165) is 25.2 Å². The molecule has 17 heavy (non-hydrogen) atoms. The molecule has 0 saturated carbocycles. The Balaban J connectivity index is 2.09. The highest BCUT2D eigenvalue weighted by Crippen LogP contribution is 2.30. The van der Waals surface area contributed by atoms with Crippen LogP contribution in [0.5, 0.6) is 0 Å². The molecule has 1 unspecified atom stereocenters. The highest BCUT2D eigenvalue weighted by Gasteiger charge is 2.31. The number of anilines is 1. The van der Waals surface area contributed by atoms with Crippen LogP contribution in [0, 0.1) is 5.92 Å². The number of aromatic nitrogens is 1. The minimum atomic E-state index is -4.34. The molecule has 0 spiro atoms. The minimum absolute atomic E-state index is 0.108. The van der Waals surface area contributed by atoms with E-state index in [-0.39, 0.29) is 12.5 Å². The number of rotatable bonds is 2. The number of aliphatic hydroxyl groups excluding tert-OH is 1. The van der Waals surface area contributed by atoms with Gasteiger partial charge in [-0.2, -0.15) is 13.2 Å². The first-order chi connectivity index (χ1) is 8.00. The van der Waals surface area contributed by atoms with Crippen LogP contribution >= 0.6 is 0 Å². The van der Waals surface area contributed by atoms with Gasteiger partial charge in [0.1, 0.15) is 5.82 Å². The lowest BCUT2D eigenvalue weighted by atomic mass is 10.1. The number of alkyl halides is 3. The second-order valence-corrected chi connectivity index (χ2v) is 4.19. The van der Waals surface area contributed by atoms with Crippen LogP contribution in [0.4, 0.5) is 19.0 Å². The van der Waals surface area contributed by atoms with E-state index in [1.165, 1.54) is 6.07 Å². The highest BCUT2D eigenvalue weighted by molar-refractivity contribution is 5.40. The smallest absolute Gasteiger partial charge is 0.396 e. The first kappa shape index (κ1) is 12.2. The number of pyridine rings is 1. The van der Waals surface area contributed by atoms with Crippen molar-refractivity contribution < 1.29 is 18.3 Å². The topological polar surface area (TPSA) is 36.4 Å². The van der Waals surface area contributed by atoms with Gasteiger partial charge in [0.2, 0.25) is 0 Å². The summed E-state index contributed by atoms with van der Waals surface area (Å²) in [5, 5.41) is 8.99. The molecule has 0 amide bonds. The molecule has 0 aromatic carbocycles. The molecule has 1 N–H and O–H groups in total. The molecule has 3 nitrogen and oxygen atoms in total. The molecule has 0 aliphatic carbocycles. The molecule has 0 radical (unpaired) electrons. The van der Waals surface area contributed by atoms with Crippen molar-refractivity contribution >= 4 is 5.82 Å². The number of aliphatic hydroxyl groups is 1. The van der Waals surface area contributed by atoms with Crippen LogP contribution in [0.25, 0.3) is 0 Å². The Morgan fingerprint density at radius 3 is 2.65 bits per heavy atom. The van der Waals surface area contributed by atoms with Crippen molar-refractivity contribution in [2.75, 3.05) is 24.6 Å². The molecule has 2 heterocycles. The molecule has 1 aromatic heterocycles. The van der Waals surface area contributed by atoms with Crippen molar-refractivity contribution in [2.45, 2.75) is 12.6 Å². The van der Waals surface area contributed by atoms with Gasteiger partial charge in [-0.05, 0) is 18.6 Å². The Bertz CT molecular complexity index is 377. The van der Waals surface area contributed by atoms with Gasteiger partial charge in [-0.25, -0.2) is 4.98 Å². The second-order valence-electron chi connectivity index (χ2n) is 4.19. The molecule has 1 atom stereocenters. The molecule has 0 bridgehead atoms. The average molecular weight is 246 g/mol. The van der Waals surface area contributed by atoms with Crippen LogP contribution in [0.3, 0.4) is 0 Å². The van der Waals surface area contributed by atoms with Crippen LogP contribution in [-0.4, -0.2) is 29.8 Å². The summed E-state index contributed by atoms with van der Waals surface area (Å²) in [6.45, 7) is 1.48. The molecule has 1 aliphatic rings. The molecular formula is C11H13F3N2O. The summed E-state index contributed by atoms with van der Waals surface area (Å²) in [4.78, 5) is 5.71. The Kier molecular flexibility index (Phi) is 3.24. The quantitative estimate of drug-likeness (QED) is 0.866. The largest absolute Gasteiger partial charge is 0.417 e. The fourth-order valence-corrected chi connectivity index (χ4v) is 1.93. The summed E-state index contributed by atoms with van der Waals surface area (Å²) in [5.41, 5.74) is -0.737. The third kappa shape index (κ3) is 2.69. The normalized spacial score (nSPS) is 20.9. The third-order valence-corrected chi connectivity index (χ3v) is 2.94. The summed E-state index contributed by atoms with van der Waals surface area (Å²) in [6, 6.07) is 2.41. The molecule has 1 saturated heterocycles. The Morgan fingerprint density at radius 2 is 2.18 bits per heavy atom. The minimum Gasteiger partial charge on any atom is -0.396 e. The summed E-state index contributed by atoms with van der Waals surface area (Å²) in [6.07, 6.45) is -2.65. The fourth-order valence-electron chi connectivity index (χ4n) is 1.93. The zero-order chi connectivity index (χ0) is 12.5. The Morgan fingerprint density at radius 1 is 1.41 bits per heavy atom. The standard InChI is InChI=1S/C11H13F3N2O/c12-11(13,14)9-1-2-10(15-5-9)16-4-3-8(6-16)7-17/h1-2,5,8,17H,3-4,6-7H2. The summed E-state index contributed by atoms with van der Waals surface area (Å²) in [5.74, 6) is 0.730. The van der Waals surface area contributed by atoms with E-state index in [1.54, 1.807) is 0 Å². The lowest BCUT2D eigenvalue weighted by Gasteiger charge is -2.17. The van der Waals surface area contributed by atoms with Crippen molar-refractivity contribution in [3.8, 4) is 0 Å². The van der Waals surface area contributed by atoms with E-state index in [4.69, 9.17) is 5.11 Å². The first-order valence-electron chi connectivity index (χ1n) is 5.40. The molecular weight excluding hydrogens is 233 g/mol. The molecule has 1 aromatic rings. The van der Waals surface area contributed by atoms with Gasteiger partial charge in [-0.1, -0.05) is 0 Å². The SMILES string of the molecule is OCC1CCN(c2ccc(C(F)(F)F)cn2)C1. The molecule has 1 fully saturated rings. The maximum atomic E-state index is 12.3. The average Bonchev–Trinajstić information content (AvgIpc) is 2.76. The number of halogens is 3. The second kappa shape index (κ2) is 4.52. The van der Waals surface area contributed by atoms with Crippen molar-refractivity contribution in [2.24, 2.45) is 5.92 Å². The zero-order valence-electron chi connectivity index (χ0n) is 9.11. The zero-order valence-corrected chi connectivity index (χ0v) is 9.11. The molecule has 6 heteroatoms. The number of hydrogen-bond donors (Lipinski definition) is 1. The lowest BCUT2D eigenvalue weighted by molar-refractivity contribution is -0.137. The van der Waals surface area contributed by atoms with E-state index in [9.17, 15) is 13.2 Å². The van der Waals surface area contributed by atoms with Gasteiger partial charge in [-0.15, -0.1) is 0 Å². The van der Waals surface area contributed by atoms with Gasteiger partial charge in [0.25, 0.3) is 0 Å². The van der Waals surface area contributed by atoms with Gasteiger partial charge < -0.3 is 10.0 Å². The van der Waals surface area contributed by atoms with E-state index >= 15 is 0 Å². The summed E-state index contributed by atoms with van der Waals surface area (Å²) in [7, 11) is 0. The molecule has 2 rings (SSSR count). The van der Waals surface area contributed by atoms with Gasteiger partial charge in [0.15, 0.2) is 0 Å². The van der Waals surface area contributed by atoms with Crippen LogP contribution in [-0.2, 0) is 6.18 Å². The van der Waals surface area contributed by atoms with Crippen molar-refractivity contribution in [1.82, 2.24) is 4.98 Å². The number of hydrogen-bond acceptors (Lipinski definition) is 3. The van der Waals surface area contributed by atoms with Gasteiger partial charge >= 0.3 is 6.18 Å². The van der Waals surface area contributed by atoms with Crippen LogP contribution in [0.15, 0.2) is 18.3 Å². The van der Waals surface area contributed by atoms with Crippen molar-refractivity contribution in [1.29, 1.82) is 0 Å². The maximum absolute atomic E-state index is 12.3. The van der Waals surface area contributed by atoms with Gasteiger partial charge in [0.05, 0.1) is 5.56 Å². The lowest BCUT2D eigenvalue weighted by Crippen LogP contribution is -2.21. The van der Waals surface area contributed by atoms with Crippen LogP contribution in [0.2, 0.25) is 0 Å². The predicted octanol–water partition coefficient (Wildman–Crippen LogP) is 1.92. The molecule has 1 aliphatic heterocycles. The van der Waals surface area contributed by atoms with E-state index in [0.29, 0.717) is 12.4 Å². The molecule has 94 valence electrons. The van der Waals surface area contributed by atoms with Crippen LogP contribution in [0.1, 0.15) is 12.0 Å². The van der Waals surface area contributed by atoms with Crippen LogP contribution < -0.4 is 4.90 Å². The van der Waals surface area contributed by atoms with Crippen molar-refractivity contribution in [3.63, 3.8) is 0 Å². The van der Waals surface area contributed by atoms with Gasteiger partial charge in [-0.3, -0.25) is 0 Å². The number of nitrogens with zero attached hydrogens (tertiary/aromatic N) is 2. The highest BCUT2D eigenvalue weighted by atomic mass is 19.4. The van der Waals surface area contributed by atoms with Crippen molar-refractivity contribution in [3.05, 3.63) is 23.9 Å².